The molecule has 5 heterocycles. The quantitative estimate of drug-likeness (QED) is 0.271. The summed E-state index contributed by atoms with van der Waals surface area (Å²) in [6.45, 7) is 0.909. The predicted octanol–water partition coefficient (Wildman–Crippen LogP) is 6.16. The highest BCUT2D eigenvalue weighted by Gasteiger charge is 2.50. The van der Waals surface area contributed by atoms with Gasteiger partial charge in [0.05, 0.1) is 41.3 Å². The van der Waals surface area contributed by atoms with Crippen molar-refractivity contribution in [2.24, 2.45) is 11.8 Å². The fraction of sp³-hybridized carbons (Fsp3) is 0.323. The smallest absolute Gasteiger partial charge is 0.330 e. The lowest BCUT2D eigenvalue weighted by Gasteiger charge is -2.43. The molecule has 3 aliphatic heterocycles. The molecule has 0 spiro atoms. The van der Waals surface area contributed by atoms with E-state index in [-0.39, 0.29) is 76.2 Å². The van der Waals surface area contributed by atoms with Gasteiger partial charge >= 0.3 is 6.03 Å². The number of rotatable bonds is 2. The van der Waals surface area contributed by atoms with Gasteiger partial charge in [0.2, 0.25) is 5.28 Å². The molecular weight excluding hydrogens is 640 g/mol. The van der Waals surface area contributed by atoms with E-state index in [4.69, 9.17) is 33.7 Å². The van der Waals surface area contributed by atoms with Crippen molar-refractivity contribution < 1.29 is 18.7 Å². The number of nitrogens with zero attached hydrogens (tertiary/aromatic N) is 6. The Morgan fingerprint density at radius 2 is 2.07 bits per heavy atom. The number of carbonyl (C=O) groups excluding carboxylic acids is 2. The number of carbonyl (C=O) groups is 2. The molecule has 0 radical (unpaired) electrons. The molecule has 2 fully saturated rings. The second-order valence-corrected chi connectivity index (χ2v) is 13.2. The Balaban J connectivity index is 1.26. The number of nitrogen functional groups attached to an aromatic ring is 1. The zero-order valence-corrected chi connectivity index (χ0v) is 25.9. The maximum Gasteiger partial charge on any atom is 0.330 e. The predicted molar refractivity (Wildman–Crippen MR) is 167 cm³/mol. The van der Waals surface area contributed by atoms with Gasteiger partial charge in [-0.05, 0) is 41.6 Å². The van der Waals surface area contributed by atoms with Crippen molar-refractivity contribution in [2.45, 2.75) is 31.3 Å². The summed E-state index contributed by atoms with van der Waals surface area (Å²) in [5, 5.41) is 20.2. The number of nitrogens with two attached hydrogens (primary N) is 1. The Morgan fingerprint density at radius 1 is 1.24 bits per heavy atom. The molecule has 2 amide bonds. The minimum Gasteiger partial charge on any atom is -0.491 e. The third-order valence-electron chi connectivity index (χ3n) is 9.19. The maximum absolute atomic E-state index is 16.1. The van der Waals surface area contributed by atoms with Gasteiger partial charge in [0.1, 0.15) is 16.9 Å². The normalized spacial score (nSPS) is 22.5. The fourth-order valence-electron chi connectivity index (χ4n) is 7.19. The molecule has 4 atom stereocenters. The first kappa shape index (κ1) is 29.4. The highest BCUT2D eigenvalue weighted by atomic mass is 35.5. The van der Waals surface area contributed by atoms with E-state index in [9.17, 15) is 20.1 Å². The average molecular weight is 665 g/mol. The number of ether oxygens (including phenoxy) is 1. The van der Waals surface area contributed by atoms with Gasteiger partial charge in [-0.25, -0.2) is 18.7 Å². The number of likely N-dealkylation sites (tertiary alicyclic amines) is 1. The summed E-state index contributed by atoms with van der Waals surface area (Å²) >= 11 is 14.2. The van der Waals surface area contributed by atoms with E-state index in [1.807, 2.05) is 0 Å². The summed E-state index contributed by atoms with van der Waals surface area (Å²) in [6.07, 6.45) is 4.08. The van der Waals surface area contributed by atoms with Crippen LogP contribution in [-0.2, 0) is 0 Å². The van der Waals surface area contributed by atoms with E-state index in [0.717, 1.165) is 6.07 Å². The maximum atomic E-state index is 16.1. The summed E-state index contributed by atoms with van der Waals surface area (Å²) < 4.78 is 24.1. The number of aromatic nitrogens is 2. The molecule has 228 valence electrons. The van der Waals surface area contributed by atoms with Gasteiger partial charge in [0.25, 0.3) is 5.91 Å². The third-order valence-corrected chi connectivity index (χ3v) is 10.8. The van der Waals surface area contributed by atoms with Gasteiger partial charge in [-0.15, -0.1) is 11.3 Å². The van der Waals surface area contributed by atoms with E-state index in [2.05, 4.69) is 17.1 Å². The van der Waals surface area contributed by atoms with Gasteiger partial charge in [0.15, 0.2) is 5.75 Å². The summed E-state index contributed by atoms with van der Waals surface area (Å²) in [4.78, 5) is 34.9. The highest BCUT2D eigenvalue weighted by Crippen LogP contribution is 2.48. The van der Waals surface area contributed by atoms with Crippen LogP contribution in [0.15, 0.2) is 36.7 Å². The number of benzene rings is 2. The highest BCUT2D eigenvalue weighted by molar-refractivity contribution is 7.23. The molecule has 2 N–H and O–H groups in total. The van der Waals surface area contributed by atoms with Crippen LogP contribution in [0.25, 0.3) is 21.2 Å². The van der Waals surface area contributed by atoms with E-state index in [1.165, 1.54) is 28.3 Å². The largest absolute Gasteiger partial charge is 0.491 e. The minimum absolute atomic E-state index is 0.00475. The van der Waals surface area contributed by atoms with Crippen LogP contribution in [0.4, 0.5) is 14.2 Å². The number of thiophene rings is 1. The van der Waals surface area contributed by atoms with Gasteiger partial charge in [-0.1, -0.05) is 23.7 Å². The van der Waals surface area contributed by atoms with Crippen molar-refractivity contribution in [1.29, 1.82) is 10.5 Å². The Hall–Kier alpha value is -4.36. The van der Waals surface area contributed by atoms with Crippen LogP contribution < -0.4 is 10.5 Å². The van der Waals surface area contributed by atoms with E-state index in [0.29, 0.717) is 40.0 Å². The SMILES string of the molecule is N#CCC1C2CN3C(=O)c4cc(F)c(-c5cccc6sc(N)c(C#N)c56)c(Cl)c4OCCC3CC2CN1C(=O)n1ccnc1Cl. The molecule has 0 bridgehead atoms. The number of fused-ring (bicyclic) bond motifs is 4. The number of nitriles is 2. The molecule has 3 aliphatic rings. The molecule has 4 aromatic rings. The van der Waals surface area contributed by atoms with Crippen LogP contribution in [-0.4, -0.2) is 63.1 Å². The van der Waals surface area contributed by atoms with Crippen molar-refractivity contribution in [2.75, 3.05) is 25.4 Å². The number of amides is 2. The van der Waals surface area contributed by atoms with E-state index >= 15 is 4.39 Å². The number of anilines is 1. The Kier molecular flexibility index (Phi) is 7.32. The number of imidazole rings is 1. The van der Waals surface area contributed by atoms with Crippen LogP contribution in [0.3, 0.4) is 0 Å². The van der Waals surface area contributed by atoms with Crippen molar-refractivity contribution in [1.82, 2.24) is 19.4 Å². The number of hydrogen-bond donors (Lipinski definition) is 1. The van der Waals surface area contributed by atoms with Crippen molar-refractivity contribution >= 4 is 61.6 Å². The van der Waals surface area contributed by atoms with Crippen LogP contribution in [0.5, 0.6) is 5.75 Å². The number of piperidine rings is 1. The molecule has 7 rings (SSSR count). The molecular formula is C31H24Cl2FN7O3S. The monoisotopic (exact) mass is 663 g/mol. The molecule has 10 nitrogen and oxygen atoms in total. The molecule has 0 aliphatic carbocycles. The average Bonchev–Trinajstić information content (AvgIpc) is 3.70. The molecule has 45 heavy (non-hydrogen) atoms. The molecule has 2 aromatic heterocycles. The Bertz CT molecular complexity index is 1980. The molecule has 0 saturated carbocycles. The van der Waals surface area contributed by atoms with Crippen LogP contribution in [0, 0.1) is 40.3 Å². The molecule has 2 aromatic carbocycles. The van der Waals surface area contributed by atoms with Crippen molar-refractivity contribution in [3.05, 3.63) is 63.9 Å². The molecule has 14 heteroatoms. The molecule has 4 unspecified atom stereocenters. The minimum atomic E-state index is -0.735. The summed E-state index contributed by atoms with van der Waals surface area (Å²) in [7, 11) is 0. The van der Waals surface area contributed by atoms with Gasteiger partial charge in [-0.3, -0.25) is 4.79 Å². The lowest BCUT2D eigenvalue weighted by molar-refractivity contribution is 0.0354. The standard InChI is InChI=1S/C31H24Cl2FN7O3S/c32-26-25(17-2-1-3-23-24(17)19(12-36)28(37)45-23)21(34)11-18-27(26)44-9-5-16-10-15-13-41(31(43)39-8-7-38-30(39)33)22(4-6-35)20(15)14-40(16)29(18)42/h1-3,7-8,11,15-16,20,22H,4-5,9-10,13-14,37H2. The number of halogens is 3. The first-order valence-corrected chi connectivity index (χ1v) is 15.8. The Morgan fingerprint density at radius 3 is 2.80 bits per heavy atom. The van der Waals surface area contributed by atoms with Crippen molar-refractivity contribution in [3.63, 3.8) is 0 Å². The van der Waals surface area contributed by atoms with Gasteiger partial charge in [0, 0.05) is 59.5 Å². The topological polar surface area (TPSA) is 141 Å². The summed E-state index contributed by atoms with van der Waals surface area (Å²) in [5.74, 6) is -1.23. The van der Waals surface area contributed by atoms with Crippen LogP contribution >= 0.6 is 34.5 Å². The van der Waals surface area contributed by atoms with E-state index in [1.54, 1.807) is 28.0 Å². The van der Waals surface area contributed by atoms with Crippen LogP contribution in [0.2, 0.25) is 10.3 Å². The van der Waals surface area contributed by atoms with Gasteiger partial charge < -0.3 is 20.3 Å². The Labute approximate surface area is 270 Å². The summed E-state index contributed by atoms with van der Waals surface area (Å²) in [6, 6.07) is 9.61. The zero-order chi connectivity index (χ0) is 31.6. The van der Waals surface area contributed by atoms with Gasteiger partial charge in [-0.2, -0.15) is 10.5 Å². The lowest BCUT2D eigenvalue weighted by atomic mass is 9.79. The number of hydrogen-bond acceptors (Lipinski definition) is 8. The summed E-state index contributed by atoms with van der Waals surface area (Å²) in [5.41, 5.74) is 6.72. The third kappa shape index (κ3) is 4.59. The van der Waals surface area contributed by atoms with E-state index < -0.39 is 17.8 Å². The fourth-order valence-corrected chi connectivity index (χ4v) is 8.67. The first-order valence-electron chi connectivity index (χ1n) is 14.3. The zero-order valence-electron chi connectivity index (χ0n) is 23.5. The lowest BCUT2D eigenvalue weighted by Crippen LogP contribution is -2.52. The second kappa shape index (κ2) is 11.2. The second-order valence-electron chi connectivity index (χ2n) is 11.4. The first-order chi connectivity index (χ1) is 21.7. The molecule has 2 saturated heterocycles. The van der Waals surface area contributed by atoms with Crippen LogP contribution in [0.1, 0.15) is 35.2 Å². The van der Waals surface area contributed by atoms with Crippen molar-refractivity contribution in [3.8, 4) is 29.0 Å².